The zero-order valence-corrected chi connectivity index (χ0v) is 11.5. The number of carbonyl (C=O) groups is 1. The van der Waals surface area contributed by atoms with Crippen LogP contribution in [0.25, 0.3) is 0 Å². The van der Waals surface area contributed by atoms with Gasteiger partial charge in [0.2, 0.25) is 0 Å². The van der Waals surface area contributed by atoms with E-state index in [-0.39, 0.29) is 29.5 Å². The first kappa shape index (κ1) is 15.1. The topological polar surface area (TPSA) is 103 Å². The number of non-ortho nitro benzene ring substituents is 1. The van der Waals surface area contributed by atoms with Crippen LogP contribution in [-0.4, -0.2) is 15.6 Å². The molecule has 0 heterocycles. The van der Waals surface area contributed by atoms with Gasteiger partial charge in [-0.2, -0.15) is 0 Å². The Bertz CT molecular complexity index is 585. The fourth-order valence-electron chi connectivity index (χ4n) is 2.72. The van der Waals surface area contributed by atoms with Gasteiger partial charge < -0.3 is 0 Å². The van der Waals surface area contributed by atoms with E-state index in [0.717, 1.165) is 31.7 Å². The predicted molar refractivity (Wildman–Crippen MR) is 75.0 cm³/mol. The normalized spacial score (nSPS) is 19.0. The molecule has 1 saturated carbocycles. The van der Waals surface area contributed by atoms with Crippen molar-refractivity contribution in [1.82, 2.24) is 0 Å². The first-order valence-electron chi connectivity index (χ1n) is 6.93. The lowest BCUT2D eigenvalue weighted by atomic mass is 9.90. The zero-order chi connectivity index (χ0) is 15.4. The minimum Gasteiger partial charge on any atom is -0.299 e. The van der Waals surface area contributed by atoms with Crippen molar-refractivity contribution < 1.29 is 14.6 Å². The molecule has 0 N–H and O–H groups in total. The van der Waals surface area contributed by atoms with Crippen molar-refractivity contribution >= 4 is 17.2 Å². The van der Waals surface area contributed by atoms with E-state index in [1.807, 2.05) is 0 Å². The smallest absolute Gasteiger partial charge is 0.279 e. The minimum absolute atomic E-state index is 0.139. The Kier molecular flexibility index (Phi) is 4.62. The van der Waals surface area contributed by atoms with Crippen molar-refractivity contribution in [2.24, 2.45) is 5.92 Å². The Balaban J connectivity index is 2.28. The summed E-state index contributed by atoms with van der Waals surface area (Å²) in [5.74, 6) is -0.0761. The van der Waals surface area contributed by atoms with Gasteiger partial charge in [0.25, 0.3) is 11.4 Å². The van der Waals surface area contributed by atoms with E-state index in [9.17, 15) is 25.0 Å². The maximum Gasteiger partial charge on any atom is 0.279 e. The monoisotopic (exact) mass is 292 g/mol. The summed E-state index contributed by atoms with van der Waals surface area (Å²) in [6.45, 7) is 0. The van der Waals surface area contributed by atoms with Gasteiger partial charge in [-0.15, -0.1) is 0 Å². The fourth-order valence-corrected chi connectivity index (χ4v) is 2.72. The molecule has 0 aliphatic heterocycles. The third kappa shape index (κ3) is 3.62. The summed E-state index contributed by atoms with van der Waals surface area (Å²) >= 11 is 0. The van der Waals surface area contributed by atoms with Crippen LogP contribution in [0.5, 0.6) is 0 Å². The van der Waals surface area contributed by atoms with Gasteiger partial charge in [0.15, 0.2) is 0 Å². The molecule has 21 heavy (non-hydrogen) atoms. The largest absolute Gasteiger partial charge is 0.299 e. The van der Waals surface area contributed by atoms with Gasteiger partial charge in [-0.3, -0.25) is 25.0 Å². The molecule has 1 aliphatic carbocycles. The second kappa shape index (κ2) is 6.43. The van der Waals surface area contributed by atoms with Crippen molar-refractivity contribution in [2.75, 3.05) is 0 Å². The molecule has 1 fully saturated rings. The second-order valence-corrected chi connectivity index (χ2v) is 5.29. The van der Waals surface area contributed by atoms with Crippen LogP contribution in [0.2, 0.25) is 0 Å². The van der Waals surface area contributed by atoms with Gasteiger partial charge in [-0.1, -0.05) is 12.8 Å². The maximum atomic E-state index is 12.0. The standard InChI is InChI=1S/C14H16N2O5/c17-14-5-3-1-2-4-11(14)8-10-6-7-12(15(18)19)9-13(10)16(20)21/h6-7,9,11H,1-5,8H2. The number of ketones is 1. The molecule has 1 aromatic carbocycles. The van der Waals surface area contributed by atoms with Gasteiger partial charge in [0, 0.05) is 24.0 Å². The zero-order valence-electron chi connectivity index (χ0n) is 11.5. The van der Waals surface area contributed by atoms with Gasteiger partial charge in [0.1, 0.15) is 5.78 Å². The van der Waals surface area contributed by atoms with E-state index < -0.39 is 9.85 Å². The van der Waals surface area contributed by atoms with Gasteiger partial charge >= 0.3 is 0 Å². The highest BCUT2D eigenvalue weighted by Crippen LogP contribution is 2.30. The number of nitro groups is 2. The van der Waals surface area contributed by atoms with Crippen molar-refractivity contribution in [3.8, 4) is 0 Å². The molecule has 1 aromatic rings. The first-order chi connectivity index (χ1) is 9.99. The van der Waals surface area contributed by atoms with Crippen LogP contribution in [0.4, 0.5) is 11.4 Å². The Morgan fingerprint density at radius 1 is 1.10 bits per heavy atom. The summed E-state index contributed by atoms with van der Waals surface area (Å²) in [5, 5.41) is 21.8. The van der Waals surface area contributed by atoms with Gasteiger partial charge in [0.05, 0.1) is 15.9 Å². The first-order valence-corrected chi connectivity index (χ1v) is 6.93. The quantitative estimate of drug-likeness (QED) is 0.481. The minimum atomic E-state index is -0.659. The van der Waals surface area contributed by atoms with Crippen LogP contribution in [0, 0.1) is 26.1 Å². The van der Waals surface area contributed by atoms with Crippen LogP contribution >= 0.6 is 0 Å². The Labute approximate surface area is 121 Å². The second-order valence-electron chi connectivity index (χ2n) is 5.29. The Hall–Kier alpha value is -2.31. The number of hydrogen-bond acceptors (Lipinski definition) is 5. The number of nitro benzene ring substituents is 2. The van der Waals surface area contributed by atoms with Crippen molar-refractivity contribution in [3.63, 3.8) is 0 Å². The lowest BCUT2D eigenvalue weighted by molar-refractivity contribution is -0.394. The molecule has 7 heteroatoms. The van der Waals surface area contributed by atoms with Gasteiger partial charge in [-0.25, -0.2) is 0 Å². The van der Waals surface area contributed by atoms with Crippen LogP contribution < -0.4 is 0 Å². The van der Waals surface area contributed by atoms with Crippen molar-refractivity contribution in [3.05, 3.63) is 44.0 Å². The SMILES string of the molecule is O=C1CCCCCC1Cc1ccc([N+](=O)[O-])cc1[N+](=O)[O-]. The summed E-state index contributed by atoms with van der Waals surface area (Å²) in [4.78, 5) is 32.5. The van der Waals surface area contributed by atoms with E-state index in [0.29, 0.717) is 12.0 Å². The van der Waals surface area contributed by atoms with E-state index >= 15 is 0 Å². The highest BCUT2D eigenvalue weighted by Gasteiger charge is 2.26. The van der Waals surface area contributed by atoms with Gasteiger partial charge in [-0.05, 0) is 25.3 Å². The lowest BCUT2D eigenvalue weighted by Crippen LogP contribution is -2.16. The van der Waals surface area contributed by atoms with E-state index in [4.69, 9.17) is 0 Å². The number of hydrogen-bond donors (Lipinski definition) is 0. The maximum absolute atomic E-state index is 12.0. The van der Waals surface area contributed by atoms with Crippen LogP contribution in [0.3, 0.4) is 0 Å². The molecule has 2 rings (SSSR count). The summed E-state index contributed by atoms with van der Waals surface area (Å²) in [6.07, 6.45) is 4.35. The van der Waals surface area contributed by atoms with E-state index in [1.165, 1.54) is 12.1 Å². The fraction of sp³-hybridized carbons (Fsp3) is 0.500. The summed E-state index contributed by atoms with van der Waals surface area (Å²) in [5.41, 5.74) is -0.190. The molecular weight excluding hydrogens is 276 g/mol. The highest BCUT2D eigenvalue weighted by molar-refractivity contribution is 5.81. The number of Topliss-reactive ketones (excluding diaryl/α,β-unsaturated/α-hetero) is 1. The number of benzene rings is 1. The molecule has 1 atom stereocenters. The molecule has 0 radical (unpaired) electrons. The molecule has 0 aromatic heterocycles. The highest BCUT2D eigenvalue weighted by atomic mass is 16.6. The van der Waals surface area contributed by atoms with Crippen molar-refractivity contribution in [2.45, 2.75) is 38.5 Å². The Morgan fingerprint density at radius 3 is 2.52 bits per heavy atom. The third-order valence-corrected chi connectivity index (χ3v) is 3.87. The molecule has 0 saturated heterocycles. The Morgan fingerprint density at radius 2 is 1.86 bits per heavy atom. The van der Waals surface area contributed by atoms with Crippen LogP contribution in [0.15, 0.2) is 18.2 Å². The number of rotatable bonds is 4. The van der Waals surface area contributed by atoms with E-state index in [1.54, 1.807) is 0 Å². The average Bonchev–Trinajstić information content (AvgIpc) is 2.64. The molecule has 1 aliphatic rings. The number of carbonyl (C=O) groups excluding carboxylic acids is 1. The van der Waals surface area contributed by atoms with Crippen LogP contribution in [-0.2, 0) is 11.2 Å². The van der Waals surface area contributed by atoms with E-state index in [2.05, 4.69) is 0 Å². The average molecular weight is 292 g/mol. The number of nitrogens with zero attached hydrogens (tertiary/aromatic N) is 2. The van der Waals surface area contributed by atoms with Crippen LogP contribution in [0.1, 0.15) is 37.7 Å². The molecule has 0 bridgehead atoms. The van der Waals surface area contributed by atoms with Crippen molar-refractivity contribution in [1.29, 1.82) is 0 Å². The third-order valence-electron chi connectivity index (χ3n) is 3.87. The summed E-state index contributed by atoms with van der Waals surface area (Å²) < 4.78 is 0. The molecule has 1 unspecified atom stereocenters. The lowest BCUT2D eigenvalue weighted by Gasteiger charge is -2.12. The molecule has 0 amide bonds. The summed E-state index contributed by atoms with van der Waals surface area (Å²) in [7, 11) is 0. The summed E-state index contributed by atoms with van der Waals surface area (Å²) in [6, 6.07) is 3.62. The molecular formula is C14H16N2O5. The molecule has 112 valence electrons. The predicted octanol–water partition coefficient (Wildman–Crippen LogP) is 3.19. The molecule has 0 spiro atoms. The molecule has 7 nitrogen and oxygen atoms in total.